The molecule has 2 amide bonds. The van der Waals surface area contributed by atoms with E-state index in [1.54, 1.807) is 42.7 Å². The second-order valence-electron chi connectivity index (χ2n) is 4.67. The average molecular weight is 301 g/mol. The number of likely N-dealkylation sites (N-methyl/N-ethyl adjacent to an activating group) is 1. The van der Waals surface area contributed by atoms with Crippen LogP contribution in [0.1, 0.15) is 23.0 Å². The third kappa shape index (κ3) is 4.75. The average Bonchev–Trinajstić information content (AvgIpc) is 3.05. The lowest BCUT2D eigenvalue weighted by Crippen LogP contribution is -2.27. The molecule has 0 aliphatic carbocycles. The van der Waals surface area contributed by atoms with Crippen molar-refractivity contribution in [2.24, 2.45) is 0 Å². The van der Waals surface area contributed by atoms with E-state index in [1.165, 1.54) is 0 Å². The maximum absolute atomic E-state index is 12.0. The third-order valence-corrected chi connectivity index (χ3v) is 2.97. The summed E-state index contributed by atoms with van der Waals surface area (Å²) in [5.74, 6) is 0.388. The minimum Gasteiger partial charge on any atom is -0.467 e. The lowest BCUT2D eigenvalue weighted by atomic mass is 10.2. The molecule has 6 heteroatoms. The number of furan rings is 1. The van der Waals surface area contributed by atoms with Crippen LogP contribution in [0, 0.1) is 0 Å². The highest BCUT2D eigenvalue weighted by molar-refractivity contribution is 5.96. The van der Waals surface area contributed by atoms with Gasteiger partial charge in [-0.1, -0.05) is 6.92 Å². The number of benzene rings is 1. The molecule has 0 fully saturated rings. The molecule has 1 aromatic carbocycles. The van der Waals surface area contributed by atoms with Gasteiger partial charge in [-0.25, -0.2) is 0 Å². The molecule has 2 aromatic rings. The standard InChI is InChI=1S/C16H19N3O3/c1-2-17-11-15(20)19-13-7-5-12(6-8-13)16(21)18-10-14-4-3-9-22-14/h3-9,17H,2,10-11H2,1H3,(H,18,21)(H,19,20). The first-order valence-electron chi connectivity index (χ1n) is 7.10. The van der Waals surface area contributed by atoms with Gasteiger partial charge in [0.15, 0.2) is 0 Å². The van der Waals surface area contributed by atoms with Crippen molar-refractivity contribution < 1.29 is 14.0 Å². The van der Waals surface area contributed by atoms with Gasteiger partial charge in [-0.05, 0) is 42.9 Å². The normalized spacial score (nSPS) is 10.2. The van der Waals surface area contributed by atoms with Crippen LogP contribution in [0.5, 0.6) is 0 Å². The maximum Gasteiger partial charge on any atom is 0.251 e. The summed E-state index contributed by atoms with van der Waals surface area (Å²) < 4.78 is 5.15. The van der Waals surface area contributed by atoms with Gasteiger partial charge in [0.2, 0.25) is 5.91 Å². The number of anilines is 1. The van der Waals surface area contributed by atoms with E-state index in [4.69, 9.17) is 4.42 Å². The van der Waals surface area contributed by atoms with Gasteiger partial charge in [-0.2, -0.15) is 0 Å². The summed E-state index contributed by atoms with van der Waals surface area (Å²) in [5, 5.41) is 8.45. The van der Waals surface area contributed by atoms with Gasteiger partial charge in [-0.15, -0.1) is 0 Å². The molecule has 1 aromatic heterocycles. The van der Waals surface area contributed by atoms with Gasteiger partial charge in [0.1, 0.15) is 5.76 Å². The molecule has 116 valence electrons. The molecule has 1 heterocycles. The van der Waals surface area contributed by atoms with Gasteiger partial charge in [0, 0.05) is 11.3 Å². The molecule has 0 unspecified atom stereocenters. The highest BCUT2D eigenvalue weighted by Crippen LogP contribution is 2.10. The molecule has 0 saturated carbocycles. The van der Waals surface area contributed by atoms with Crippen LogP contribution in [0.4, 0.5) is 5.69 Å². The highest BCUT2D eigenvalue weighted by atomic mass is 16.3. The Kier molecular flexibility index (Phi) is 5.73. The van der Waals surface area contributed by atoms with Crippen molar-refractivity contribution in [3.8, 4) is 0 Å². The first-order valence-corrected chi connectivity index (χ1v) is 7.10. The SMILES string of the molecule is CCNCC(=O)Nc1ccc(C(=O)NCc2ccco2)cc1. The Balaban J connectivity index is 1.85. The van der Waals surface area contributed by atoms with Gasteiger partial charge in [0.05, 0.1) is 19.4 Å². The Labute approximate surface area is 128 Å². The second-order valence-corrected chi connectivity index (χ2v) is 4.67. The van der Waals surface area contributed by atoms with Crippen LogP contribution in [-0.4, -0.2) is 24.9 Å². The first-order chi connectivity index (χ1) is 10.7. The molecule has 0 radical (unpaired) electrons. The zero-order chi connectivity index (χ0) is 15.8. The maximum atomic E-state index is 12.0. The summed E-state index contributed by atoms with van der Waals surface area (Å²) in [6.45, 7) is 3.28. The van der Waals surface area contributed by atoms with Gasteiger partial charge < -0.3 is 20.4 Å². The zero-order valence-corrected chi connectivity index (χ0v) is 12.4. The van der Waals surface area contributed by atoms with Crippen LogP contribution in [0.2, 0.25) is 0 Å². The predicted molar refractivity (Wildman–Crippen MR) is 83.5 cm³/mol. The van der Waals surface area contributed by atoms with Gasteiger partial charge in [-0.3, -0.25) is 9.59 Å². The summed E-state index contributed by atoms with van der Waals surface area (Å²) in [5.41, 5.74) is 1.18. The largest absolute Gasteiger partial charge is 0.467 e. The number of carbonyl (C=O) groups is 2. The second kappa shape index (κ2) is 7.99. The summed E-state index contributed by atoms with van der Waals surface area (Å²) in [4.78, 5) is 23.5. The van der Waals surface area contributed by atoms with E-state index < -0.39 is 0 Å². The van der Waals surface area contributed by atoms with Crippen molar-refractivity contribution in [1.82, 2.24) is 10.6 Å². The molecule has 6 nitrogen and oxygen atoms in total. The van der Waals surface area contributed by atoms with Crippen LogP contribution in [0.25, 0.3) is 0 Å². The van der Waals surface area contributed by atoms with Crippen LogP contribution in [-0.2, 0) is 11.3 Å². The summed E-state index contributed by atoms with van der Waals surface area (Å²) in [7, 11) is 0. The van der Waals surface area contributed by atoms with E-state index in [-0.39, 0.29) is 18.4 Å². The monoisotopic (exact) mass is 301 g/mol. The smallest absolute Gasteiger partial charge is 0.251 e. The fraction of sp³-hybridized carbons (Fsp3) is 0.250. The van der Waals surface area contributed by atoms with E-state index in [1.807, 2.05) is 6.92 Å². The van der Waals surface area contributed by atoms with Crippen LogP contribution in [0.3, 0.4) is 0 Å². The van der Waals surface area contributed by atoms with E-state index in [0.29, 0.717) is 23.6 Å². The molecule has 22 heavy (non-hydrogen) atoms. The van der Waals surface area contributed by atoms with Crippen molar-refractivity contribution in [1.29, 1.82) is 0 Å². The Bertz CT molecular complexity index is 606. The Morgan fingerprint density at radius 2 is 1.91 bits per heavy atom. The first kappa shape index (κ1) is 15.8. The molecule has 0 aliphatic heterocycles. The minimum absolute atomic E-state index is 0.114. The number of hydrogen-bond acceptors (Lipinski definition) is 4. The number of rotatable bonds is 7. The Morgan fingerprint density at radius 1 is 1.14 bits per heavy atom. The lowest BCUT2D eigenvalue weighted by Gasteiger charge is -2.07. The molecule has 0 aliphatic rings. The zero-order valence-electron chi connectivity index (χ0n) is 12.4. The highest BCUT2D eigenvalue weighted by Gasteiger charge is 2.07. The van der Waals surface area contributed by atoms with E-state index in [0.717, 1.165) is 6.54 Å². The minimum atomic E-state index is -0.193. The summed E-state index contributed by atoms with van der Waals surface area (Å²) in [6.07, 6.45) is 1.56. The fourth-order valence-electron chi connectivity index (χ4n) is 1.83. The molecule has 0 bridgehead atoms. The lowest BCUT2D eigenvalue weighted by molar-refractivity contribution is -0.115. The quantitative estimate of drug-likeness (QED) is 0.727. The van der Waals surface area contributed by atoms with Crippen LogP contribution in [0.15, 0.2) is 47.1 Å². The topological polar surface area (TPSA) is 83.4 Å². The predicted octanol–water partition coefficient (Wildman–Crippen LogP) is 1.76. The van der Waals surface area contributed by atoms with E-state index in [9.17, 15) is 9.59 Å². The number of nitrogens with one attached hydrogen (secondary N) is 3. The summed E-state index contributed by atoms with van der Waals surface area (Å²) in [6, 6.07) is 10.3. The molecule has 0 saturated heterocycles. The molecular weight excluding hydrogens is 282 g/mol. The Hall–Kier alpha value is -2.60. The van der Waals surface area contributed by atoms with E-state index in [2.05, 4.69) is 16.0 Å². The van der Waals surface area contributed by atoms with Gasteiger partial charge >= 0.3 is 0 Å². The Morgan fingerprint density at radius 3 is 2.55 bits per heavy atom. The van der Waals surface area contributed by atoms with Crippen molar-refractivity contribution in [2.45, 2.75) is 13.5 Å². The number of carbonyl (C=O) groups excluding carboxylic acids is 2. The van der Waals surface area contributed by atoms with Crippen molar-refractivity contribution in [3.05, 3.63) is 54.0 Å². The molecule has 0 atom stereocenters. The van der Waals surface area contributed by atoms with Gasteiger partial charge in [0.25, 0.3) is 5.91 Å². The number of hydrogen-bond donors (Lipinski definition) is 3. The summed E-state index contributed by atoms with van der Waals surface area (Å²) >= 11 is 0. The fourth-order valence-corrected chi connectivity index (χ4v) is 1.83. The van der Waals surface area contributed by atoms with E-state index >= 15 is 0 Å². The van der Waals surface area contributed by atoms with Crippen molar-refractivity contribution in [2.75, 3.05) is 18.4 Å². The van der Waals surface area contributed by atoms with Crippen LogP contribution < -0.4 is 16.0 Å². The molecule has 0 spiro atoms. The van der Waals surface area contributed by atoms with Crippen LogP contribution >= 0.6 is 0 Å². The third-order valence-electron chi connectivity index (χ3n) is 2.97. The molecule has 3 N–H and O–H groups in total. The molecule has 2 rings (SSSR count). The number of amides is 2. The molecular formula is C16H19N3O3. The van der Waals surface area contributed by atoms with Crippen molar-refractivity contribution >= 4 is 17.5 Å². The van der Waals surface area contributed by atoms with Crippen molar-refractivity contribution in [3.63, 3.8) is 0 Å².